The van der Waals surface area contributed by atoms with E-state index in [4.69, 9.17) is 0 Å². The van der Waals surface area contributed by atoms with Gasteiger partial charge in [0.25, 0.3) is 5.56 Å². The Hall–Kier alpha value is -2.96. The summed E-state index contributed by atoms with van der Waals surface area (Å²) in [7, 11) is 0. The van der Waals surface area contributed by atoms with Crippen LogP contribution in [-0.2, 0) is 4.79 Å². The Labute approximate surface area is 131 Å². The number of hydrogen-bond acceptors (Lipinski definition) is 4. The summed E-state index contributed by atoms with van der Waals surface area (Å²) >= 11 is 0. The summed E-state index contributed by atoms with van der Waals surface area (Å²) in [5.41, 5.74) is 1.80. The molecule has 1 aliphatic rings. The van der Waals surface area contributed by atoms with E-state index in [1.54, 1.807) is 4.68 Å². The average Bonchev–Trinajstić information content (AvgIpc) is 3.12. The molecular weight excluding hydrogens is 294 g/mol. The van der Waals surface area contributed by atoms with Crippen molar-refractivity contribution in [2.45, 2.75) is 13.3 Å². The highest BCUT2D eigenvalue weighted by Crippen LogP contribution is 2.38. The second kappa shape index (κ2) is 5.05. The van der Waals surface area contributed by atoms with Crippen molar-refractivity contribution in [3.05, 3.63) is 47.1 Å². The van der Waals surface area contributed by atoms with Crippen molar-refractivity contribution in [3.63, 3.8) is 0 Å². The van der Waals surface area contributed by atoms with Gasteiger partial charge in [-0.2, -0.15) is 5.10 Å². The molecule has 1 saturated carbocycles. The second-order valence-corrected chi connectivity index (χ2v) is 5.88. The summed E-state index contributed by atoms with van der Waals surface area (Å²) in [4.78, 5) is 30.3. The first-order chi connectivity index (χ1) is 11.1. The number of carbonyl (C=O) groups is 1. The van der Waals surface area contributed by atoms with E-state index in [0.717, 1.165) is 17.8 Å². The number of amides is 1. The van der Waals surface area contributed by atoms with Crippen molar-refractivity contribution in [1.29, 1.82) is 0 Å². The molecule has 3 aromatic rings. The van der Waals surface area contributed by atoms with Crippen molar-refractivity contribution in [3.8, 4) is 5.69 Å². The predicted octanol–water partition coefficient (Wildman–Crippen LogP) is 1.70. The monoisotopic (exact) mass is 309 g/mol. The van der Waals surface area contributed by atoms with Crippen LogP contribution in [0.3, 0.4) is 0 Å². The fourth-order valence-corrected chi connectivity index (χ4v) is 2.65. The molecular formula is C16H15N5O2. The fourth-order valence-electron chi connectivity index (χ4n) is 2.65. The Bertz CT molecular complexity index is 941. The Kier molecular flexibility index (Phi) is 3.00. The van der Waals surface area contributed by atoms with Crippen LogP contribution in [0.15, 0.2) is 41.6 Å². The standard InChI is InChI=1S/C16H15N5O2/c1-9-6-12(9)16(23)20-10-2-4-11(5-3-10)21-14-13(7-19-21)15(22)18-8-17-14/h2-5,7-9,12H,6H2,1H3,(H,20,23)(H,17,18,22)/t9-,12+/m0/s1. The molecule has 0 bridgehead atoms. The number of anilines is 1. The molecule has 1 aliphatic carbocycles. The number of aromatic amines is 1. The van der Waals surface area contributed by atoms with Gasteiger partial charge in [0.1, 0.15) is 5.39 Å². The summed E-state index contributed by atoms with van der Waals surface area (Å²) in [5.74, 6) is 0.692. The number of benzene rings is 1. The second-order valence-electron chi connectivity index (χ2n) is 5.88. The van der Waals surface area contributed by atoms with E-state index in [9.17, 15) is 9.59 Å². The van der Waals surface area contributed by atoms with Crippen LogP contribution in [-0.4, -0.2) is 25.7 Å². The highest BCUT2D eigenvalue weighted by Gasteiger charge is 2.39. The lowest BCUT2D eigenvalue weighted by molar-refractivity contribution is -0.117. The van der Waals surface area contributed by atoms with Gasteiger partial charge >= 0.3 is 0 Å². The number of nitrogens with one attached hydrogen (secondary N) is 2. The molecule has 7 nitrogen and oxygen atoms in total. The fraction of sp³-hybridized carbons (Fsp3) is 0.250. The molecule has 1 aromatic carbocycles. The molecule has 0 radical (unpaired) electrons. The first-order valence-electron chi connectivity index (χ1n) is 7.46. The minimum atomic E-state index is -0.219. The largest absolute Gasteiger partial charge is 0.326 e. The van der Waals surface area contributed by atoms with Gasteiger partial charge in [-0.1, -0.05) is 6.92 Å². The summed E-state index contributed by atoms with van der Waals surface area (Å²) in [6, 6.07) is 7.31. The van der Waals surface area contributed by atoms with Crippen LogP contribution in [0.1, 0.15) is 13.3 Å². The number of nitrogens with zero attached hydrogens (tertiary/aromatic N) is 3. The molecule has 4 rings (SSSR count). The van der Waals surface area contributed by atoms with Crippen LogP contribution in [0.4, 0.5) is 5.69 Å². The molecule has 1 amide bonds. The van der Waals surface area contributed by atoms with Crippen molar-refractivity contribution in [1.82, 2.24) is 19.7 Å². The van der Waals surface area contributed by atoms with Gasteiger partial charge in [0.15, 0.2) is 5.65 Å². The molecule has 0 spiro atoms. The van der Waals surface area contributed by atoms with Gasteiger partial charge in [-0.3, -0.25) is 9.59 Å². The number of rotatable bonds is 3. The SMILES string of the molecule is C[C@H]1C[C@H]1C(=O)Nc1ccc(-n2ncc3c(=O)[nH]cnc32)cc1. The lowest BCUT2D eigenvalue weighted by Crippen LogP contribution is -2.14. The van der Waals surface area contributed by atoms with Gasteiger partial charge in [-0.25, -0.2) is 9.67 Å². The zero-order chi connectivity index (χ0) is 16.0. The highest BCUT2D eigenvalue weighted by molar-refractivity contribution is 5.94. The molecule has 1 fully saturated rings. The summed E-state index contributed by atoms with van der Waals surface area (Å²) in [6.45, 7) is 2.07. The summed E-state index contributed by atoms with van der Waals surface area (Å²) < 4.78 is 1.60. The number of H-pyrrole nitrogens is 1. The van der Waals surface area contributed by atoms with Gasteiger partial charge in [-0.15, -0.1) is 0 Å². The van der Waals surface area contributed by atoms with Crippen molar-refractivity contribution >= 4 is 22.6 Å². The Balaban J connectivity index is 1.61. The predicted molar refractivity (Wildman–Crippen MR) is 85.4 cm³/mol. The van der Waals surface area contributed by atoms with Crippen LogP contribution in [0.25, 0.3) is 16.7 Å². The van der Waals surface area contributed by atoms with Gasteiger partial charge in [0, 0.05) is 11.6 Å². The van der Waals surface area contributed by atoms with Crippen molar-refractivity contribution < 1.29 is 4.79 Å². The highest BCUT2D eigenvalue weighted by atomic mass is 16.2. The first kappa shape index (κ1) is 13.7. The zero-order valence-electron chi connectivity index (χ0n) is 12.5. The quantitative estimate of drug-likeness (QED) is 0.770. The number of carbonyl (C=O) groups excluding carboxylic acids is 1. The summed E-state index contributed by atoms with van der Waals surface area (Å²) in [5, 5.41) is 7.56. The van der Waals surface area contributed by atoms with E-state index in [1.165, 1.54) is 12.5 Å². The van der Waals surface area contributed by atoms with Crippen LogP contribution in [0.2, 0.25) is 0 Å². The van der Waals surface area contributed by atoms with E-state index in [1.807, 2.05) is 24.3 Å². The Morgan fingerprint density at radius 1 is 1.35 bits per heavy atom. The maximum absolute atomic E-state index is 11.9. The zero-order valence-corrected chi connectivity index (χ0v) is 12.5. The van der Waals surface area contributed by atoms with Gasteiger partial charge in [0.05, 0.1) is 18.2 Å². The normalized spacial score (nSPS) is 19.7. The lowest BCUT2D eigenvalue weighted by Gasteiger charge is -2.07. The maximum atomic E-state index is 11.9. The van der Waals surface area contributed by atoms with Crippen LogP contribution < -0.4 is 10.9 Å². The van der Waals surface area contributed by atoms with Crippen LogP contribution in [0, 0.1) is 11.8 Å². The van der Waals surface area contributed by atoms with Gasteiger partial charge < -0.3 is 10.3 Å². The minimum Gasteiger partial charge on any atom is -0.326 e. The first-order valence-corrected chi connectivity index (χ1v) is 7.46. The Morgan fingerprint density at radius 3 is 2.78 bits per heavy atom. The molecule has 0 aliphatic heterocycles. The van der Waals surface area contributed by atoms with Gasteiger partial charge in [0.2, 0.25) is 5.91 Å². The van der Waals surface area contributed by atoms with E-state index < -0.39 is 0 Å². The number of fused-ring (bicyclic) bond motifs is 1. The lowest BCUT2D eigenvalue weighted by atomic mass is 10.2. The molecule has 7 heteroatoms. The van der Waals surface area contributed by atoms with Crippen molar-refractivity contribution in [2.75, 3.05) is 5.32 Å². The average molecular weight is 309 g/mol. The van der Waals surface area contributed by atoms with E-state index in [0.29, 0.717) is 17.0 Å². The smallest absolute Gasteiger partial charge is 0.261 e. The topological polar surface area (TPSA) is 92.7 Å². The van der Waals surface area contributed by atoms with E-state index in [2.05, 4.69) is 27.3 Å². The third kappa shape index (κ3) is 2.40. The van der Waals surface area contributed by atoms with Crippen LogP contribution >= 0.6 is 0 Å². The molecule has 2 N–H and O–H groups in total. The van der Waals surface area contributed by atoms with Gasteiger partial charge in [-0.05, 0) is 36.6 Å². The number of aromatic nitrogens is 4. The molecule has 116 valence electrons. The van der Waals surface area contributed by atoms with Crippen molar-refractivity contribution in [2.24, 2.45) is 11.8 Å². The Morgan fingerprint density at radius 2 is 2.09 bits per heavy atom. The molecule has 23 heavy (non-hydrogen) atoms. The van der Waals surface area contributed by atoms with E-state index in [-0.39, 0.29) is 17.4 Å². The number of hydrogen-bond donors (Lipinski definition) is 2. The third-order valence-corrected chi connectivity index (χ3v) is 4.20. The molecule has 0 unspecified atom stereocenters. The minimum absolute atomic E-state index is 0.0722. The molecule has 2 aromatic heterocycles. The van der Waals surface area contributed by atoms with E-state index >= 15 is 0 Å². The molecule has 0 saturated heterocycles. The maximum Gasteiger partial charge on any atom is 0.261 e. The van der Waals surface area contributed by atoms with Crippen LogP contribution in [0.5, 0.6) is 0 Å². The summed E-state index contributed by atoms with van der Waals surface area (Å²) in [6.07, 6.45) is 3.81. The molecule has 2 atom stereocenters. The molecule has 2 heterocycles. The third-order valence-electron chi connectivity index (χ3n) is 4.20.